The van der Waals surface area contributed by atoms with Gasteiger partial charge in [-0.15, -0.1) is 0 Å². The van der Waals surface area contributed by atoms with Crippen LogP contribution in [0.3, 0.4) is 0 Å². The predicted molar refractivity (Wildman–Crippen MR) is 89.5 cm³/mol. The number of piperidine rings is 1. The van der Waals surface area contributed by atoms with Gasteiger partial charge in [-0.3, -0.25) is 0 Å². The molecule has 3 aliphatic rings. The van der Waals surface area contributed by atoms with Gasteiger partial charge in [0.1, 0.15) is 5.60 Å². The van der Waals surface area contributed by atoms with Crippen molar-refractivity contribution in [2.24, 2.45) is 5.92 Å². The predicted octanol–water partition coefficient (Wildman–Crippen LogP) is 2.89. The average molecular weight is 324 g/mol. The van der Waals surface area contributed by atoms with E-state index in [-0.39, 0.29) is 11.7 Å². The van der Waals surface area contributed by atoms with Crippen molar-refractivity contribution >= 4 is 6.09 Å². The number of nitrogens with zero attached hydrogens (tertiary/aromatic N) is 2. The number of rotatable bonds is 7. The molecule has 3 aliphatic heterocycles. The lowest BCUT2D eigenvalue weighted by atomic mass is 9.90. The highest BCUT2D eigenvalue weighted by Gasteiger charge is 2.46. The Bertz CT molecular complexity index is 388. The normalized spacial score (nSPS) is 27.8. The van der Waals surface area contributed by atoms with Gasteiger partial charge >= 0.3 is 6.09 Å². The molecular formula is C18H32N2O3. The maximum atomic E-state index is 12.1. The van der Waals surface area contributed by atoms with Crippen LogP contribution in [-0.2, 0) is 9.47 Å². The minimum absolute atomic E-state index is 0.0841. The molecule has 0 unspecified atom stereocenters. The standard InChI is InChI=1S/C18H32N2O3/c1-2-3-4-5-9-20-15-18(23-17(20)21)7-10-19(11-8-18)13-16-6-12-22-14-16/h16H,2-15H2,1H3/t16-/m0/s1. The summed E-state index contributed by atoms with van der Waals surface area (Å²) in [5.41, 5.74) is -0.204. The van der Waals surface area contributed by atoms with Gasteiger partial charge in [0.25, 0.3) is 0 Å². The molecule has 0 aromatic carbocycles. The Morgan fingerprint density at radius 3 is 2.74 bits per heavy atom. The van der Waals surface area contributed by atoms with E-state index in [1.165, 1.54) is 25.7 Å². The number of carbonyl (C=O) groups excluding carboxylic acids is 1. The van der Waals surface area contributed by atoms with Crippen molar-refractivity contribution in [3.05, 3.63) is 0 Å². The molecular weight excluding hydrogens is 292 g/mol. The molecule has 0 aromatic rings. The average Bonchev–Trinajstić information content (AvgIpc) is 3.15. The van der Waals surface area contributed by atoms with Crippen LogP contribution in [0.4, 0.5) is 4.79 Å². The van der Waals surface area contributed by atoms with E-state index < -0.39 is 0 Å². The zero-order chi connectivity index (χ0) is 16.1. The van der Waals surface area contributed by atoms with Crippen molar-refractivity contribution in [1.29, 1.82) is 0 Å². The highest BCUT2D eigenvalue weighted by molar-refractivity contribution is 5.70. The van der Waals surface area contributed by atoms with E-state index in [0.29, 0.717) is 5.92 Å². The zero-order valence-electron chi connectivity index (χ0n) is 14.6. The van der Waals surface area contributed by atoms with E-state index in [1.807, 2.05) is 4.90 Å². The maximum absolute atomic E-state index is 12.1. The summed E-state index contributed by atoms with van der Waals surface area (Å²) in [7, 11) is 0. The van der Waals surface area contributed by atoms with Crippen LogP contribution in [0.5, 0.6) is 0 Å². The number of unbranched alkanes of at least 4 members (excludes halogenated alkanes) is 3. The lowest BCUT2D eigenvalue weighted by molar-refractivity contribution is -0.00292. The molecule has 1 atom stereocenters. The van der Waals surface area contributed by atoms with Crippen LogP contribution in [0.25, 0.3) is 0 Å². The molecule has 0 N–H and O–H groups in total. The van der Waals surface area contributed by atoms with Crippen molar-refractivity contribution in [3.63, 3.8) is 0 Å². The van der Waals surface area contributed by atoms with Crippen molar-refractivity contribution in [1.82, 2.24) is 9.80 Å². The summed E-state index contributed by atoms with van der Waals surface area (Å²) >= 11 is 0. The SMILES string of the molecule is CCCCCCN1CC2(CCN(C[C@@H]3CCOC3)CC2)OC1=O. The molecule has 0 bridgehead atoms. The fraction of sp³-hybridized carbons (Fsp3) is 0.944. The van der Waals surface area contributed by atoms with Crippen molar-refractivity contribution in [2.75, 3.05) is 45.9 Å². The number of hydrogen-bond acceptors (Lipinski definition) is 4. The fourth-order valence-corrected chi connectivity index (χ4v) is 4.09. The van der Waals surface area contributed by atoms with Crippen LogP contribution >= 0.6 is 0 Å². The smallest absolute Gasteiger partial charge is 0.410 e. The molecule has 3 fully saturated rings. The Labute approximate surface area is 140 Å². The van der Waals surface area contributed by atoms with Crippen molar-refractivity contribution in [2.45, 2.75) is 57.5 Å². The zero-order valence-corrected chi connectivity index (χ0v) is 14.6. The summed E-state index contributed by atoms with van der Waals surface area (Å²) < 4.78 is 11.3. The summed E-state index contributed by atoms with van der Waals surface area (Å²) in [5, 5.41) is 0. The van der Waals surface area contributed by atoms with E-state index in [4.69, 9.17) is 9.47 Å². The molecule has 3 saturated heterocycles. The van der Waals surface area contributed by atoms with Crippen LogP contribution in [-0.4, -0.2) is 67.4 Å². The number of amides is 1. The number of ether oxygens (including phenoxy) is 2. The van der Waals surface area contributed by atoms with Crippen molar-refractivity contribution in [3.8, 4) is 0 Å². The van der Waals surface area contributed by atoms with E-state index in [0.717, 1.165) is 65.2 Å². The Kier molecular flexibility index (Phi) is 5.81. The maximum Gasteiger partial charge on any atom is 0.410 e. The highest BCUT2D eigenvalue weighted by atomic mass is 16.6. The first-order valence-corrected chi connectivity index (χ1v) is 9.49. The Balaban J connectivity index is 1.41. The molecule has 0 saturated carbocycles. The molecule has 3 heterocycles. The quantitative estimate of drug-likeness (QED) is 0.675. The second-order valence-electron chi connectivity index (χ2n) is 7.56. The lowest BCUT2D eigenvalue weighted by Gasteiger charge is -2.38. The first kappa shape index (κ1) is 17.0. The van der Waals surface area contributed by atoms with Crippen LogP contribution in [0, 0.1) is 5.92 Å². The summed E-state index contributed by atoms with van der Waals surface area (Å²) in [6, 6.07) is 0. The third-order valence-electron chi connectivity index (χ3n) is 5.63. The Hall–Kier alpha value is -0.810. The minimum Gasteiger partial charge on any atom is -0.441 e. The first-order chi connectivity index (χ1) is 11.2. The van der Waals surface area contributed by atoms with E-state index >= 15 is 0 Å². The van der Waals surface area contributed by atoms with Gasteiger partial charge in [-0.25, -0.2) is 4.79 Å². The van der Waals surface area contributed by atoms with E-state index in [9.17, 15) is 4.79 Å². The molecule has 0 aliphatic carbocycles. The van der Waals surface area contributed by atoms with Gasteiger partial charge in [0, 0.05) is 45.6 Å². The van der Waals surface area contributed by atoms with E-state index in [1.54, 1.807) is 0 Å². The van der Waals surface area contributed by atoms with Gasteiger partial charge in [0.05, 0.1) is 13.2 Å². The number of likely N-dealkylation sites (tertiary alicyclic amines) is 1. The molecule has 1 amide bonds. The third kappa shape index (κ3) is 4.38. The first-order valence-electron chi connectivity index (χ1n) is 9.49. The molecule has 0 aromatic heterocycles. The van der Waals surface area contributed by atoms with Gasteiger partial charge in [-0.2, -0.15) is 0 Å². The summed E-state index contributed by atoms with van der Waals surface area (Å²) in [5.74, 6) is 0.699. The van der Waals surface area contributed by atoms with Gasteiger partial charge in [0.2, 0.25) is 0 Å². The topological polar surface area (TPSA) is 42.0 Å². The molecule has 3 rings (SSSR count). The Morgan fingerprint density at radius 1 is 1.22 bits per heavy atom. The van der Waals surface area contributed by atoms with Gasteiger partial charge in [0.15, 0.2) is 0 Å². The number of carbonyl (C=O) groups is 1. The van der Waals surface area contributed by atoms with Gasteiger partial charge in [-0.1, -0.05) is 26.2 Å². The summed E-state index contributed by atoms with van der Waals surface area (Å²) in [6.07, 6.45) is 7.89. The summed E-state index contributed by atoms with van der Waals surface area (Å²) in [4.78, 5) is 16.6. The van der Waals surface area contributed by atoms with Gasteiger partial charge < -0.3 is 19.3 Å². The molecule has 5 nitrogen and oxygen atoms in total. The van der Waals surface area contributed by atoms with Gasteiger partial charge in [-0.05, 0) is 18.8 Å². The van der Waals surface area contributed by atoms with E-state index in [2.05, 4.69) is 11.8 Å². The van der Waals surface area contributed by atoms with Crippen LogP contribution in [0.2, 0.25) is 0 Å². The second kappa shape index (κ2) is 7.84. The molecule has 0 radical (unpaired) electrons. The summed E-state index contributed by atoms with van der Waals surface area (Å²) in [6.45, 7) is 8.97. The van der Waals surface area contributed by atoms with Crippen molar-refractivity contribution < 1.29 is 14.3 Å². The fourth-order valence-electron chi connectivity index (χ4n) is 4.09. The third-order valence-corrected chi connectivity index (χ3v) is 5.63. The molecule has 132 valence electrons. The van der Waals surface area contributed by atoms with Crippen LogP contribution in [0.1, 0.15) is 51.9 Å². The molecule has 5 heteroatoms. The highest BCUT2D eigenvalue weighted by Crippen LogP contribution is 2.34. The molecule has 23 heavy (non-hydrogen) atoms. The molecule has 1 spiro atoms. The monoisotopic (exact) mass is 324 g/mol. The lowest BCUT2D eigenvalue weighted by Crippen LogP contribution is -2.48. The second-order valence-corrected chi connectivity index (χ2v) is 7.56. The minimum atomic E-state index is -0.204. The number of hydrogen-bond donors (Lipinski definition) is 0. The largest absolute Gasteiger partial charge is 0.441 e. The van der Waals surface area contributed by atoms with Crippen LogP contribution in [0.15, 0.2) is 0 Å². The van der Waals surface area contributed by atoms with Crippen LogP contribution < -0.4 is 0 Å². The Morgan fingerprint density at radius 2 is 2.04 bits per heavy atom.